The van der Waals surface area contributed by atoms with Crippen molar-refractivity contribution in [2.24, 2.45) is 0 Å². The van der Waals surface area contributed by atoms with Gasteiger partial charge in [0.25, 0.3) is 5.56 Å². The van der Waals surface area contributed by atoms with E-state index >= 15 is 0 Å². The third kappa shape index (κ3) is 4.24. The summed E-state index contributed by atoms with van der Waals surface area (Å²) in [6.07, 6.45) is 3.45. The average molecular weight is 453 g/mol. The zero-order chi connectivity index (χ0) is 23.7. The molecule has 0 radical (unpaired) electrons. The van der Waals surface area contributed by atoms with Crippen LogP contribution in [0.4, 0.5) is 5.95 Å². The van der Waals surface area contributed by atoms with E-state index in [0.717, 1.165) is 28.7 Å². The fourth-order valence-corrected chi connectivity index (χ4v) is 4.51. The Balaban J connectivity index is 1.46. The highest BCUT2D eigenvalue weighted by molar-refractivity contribution is 5.63. The highest BCUT2D eigenvalue weighted by atomic mass is 16.3. The maximum absolute atomic E-state index is 13.0. The molecule has 5 rings (SSSR count). The van der Waals surface area contributed by atoms with E-state index in [1.165, 1.54) is 0 Å². The maximum Gasteiger partial charge on any atom is 0.255 e. The summed E-state index contributed by atoms with van der Waals surface area (Å²) in [5, 5.41) is 11.2. The van der Waals surface area contributed by atoms with Gasteiger partial charge in [-0.25, -0.2) is 4.98 Å². The molecule has 2 aromatic heterocycles. The summed E-state index contributed by atoms with van der Waals surface area (Å²) in [6, 6.07) is 23.5. The number of aliphatic hydroxyl groups is 1. The Bertz CT molecular complexity index is 1330. The monoisotopic (exact) mass is 452 g/mol. The molecule has 3 heterocycles. The van der Waals surface area contributed by atoms with E-state index in [2.05, 4.69) is 35.9 Å². The molecule has 6 heteroatoms. The van der Waals surface area contributed by atoms with Crippen LogP contribution < -0.4 is 10.5 Å². The van der Waals surface area contributed by atoms with Crippen LogP contribution in [0, 0.1) is 0 Å². The number of nitrogens with zero attached hydrogens (tertiary/aromatic N) is 4. The summed E-state index contributed by atoms with van der Waals surface area (Å²) in [5.41, 5.74) is 4.19. The van der Waals surface area contributed by atoms with Gasteiger partial charge in [0.2, 0.25) is 5.95 Å². The topological polar surface area (TPSA) is 71.2 Å². The van der Waals surface area contributed by atoms with Crippen molar-refractivity contribution in [1.29, 1.82) is 0 Å². The molecule has 0 fully saturated rings. The minimum absolute atomic E-state index is 0.0842. The van der Waals surface area contributed by atoms with Crippen molar-refractivity contribution in [2.75, 3.05) is 11.4 Å². The lowest BCUT2D eigenvalue weighted by atomic mass is 9.94. The summed E-state index contributed by atoms with van der Waals surface area (Å²) in [4.78, 5) is 24.0. The molecule has 0 saturated heterocycles. The van der Waals surface area contributed by atoms with Gasteiger partial charge in [-0.2, -0.15) is 0 Å². The van der Waals surface area contributed by atoms with Crippen molar-refractivity contribution < 1.29 is 5.11 Å². The van der Waals surface area contributed by atoms with Crippen LogP contribution in [-0.4, -0.2) is 31.7 Å². The minimum atomic E-state index is -0.725. The van der Waals surface area contributed by atoms with Crippen LogP contribution in [0.3, 0.4) is 0 Å². The van der Waals surface area contributed by atoms with E-state index in [0.29, 0.717) is 24.7 Å². The van der Waals surface area contributed by atoms with E-state index in [-0.39, 0.29) is 11.1 Å². The summed E-state index contributed by atoms with van der Waals surface area (Å²) < 4.78 is 1.71. The molecule has 0 bridgehead atoms. The molecule has 0 amide bonds. The molecule has 6 nitrogen and oxygen atoms in total. The van der Waals surface area contributed by atoms with Gasteiger partial charge < -0.3 is 10.0 Å². The number of pyridine rings is 1. The van der Waals surface area contributed by atoms with Crippen LogP contribution in [-0.2, 0) is 6.54 Å². The second kappa shape index (κ2) is 8.88. The van der Waals surface area contributed by atoms with E-state index in [9.17, 15) is 9.90 Å². The molecule has 1 atom stereocenters. The first-order valence-corrected chi connectivity index (χ1v) is 11.6. The Morgan fingerprint density at radius 3 is 2.32 bits per heavy atom. The number of rotatable bonds is 5. The van der Waals surface area contributed by atoms with Crippen LogP contribution in [0.25, 0.3) is 22.4 Å². The van der Waals surface area contributed by atoms with Crippen LogP contribution in [0.1, 0.15) is 31.9 Å². The second-order valence-corrected chi connectivity index (χ2v) is 9.34. The predicted octanol–water partition coefficient (Wildman–Crippen LogP) is 4.69. The van der Waals surface area contributed by atoms with Gasteiger partial charge in [-0.15, -0.1) is 0 Å². The molecular formula is C28H28N4O2. The number of hydrogen-bond acceptors (Lipinski definition) is 5. The number of anilines is 1. The van der Waals surface area contributed by atoms with Gasteiger partial charge in [-0.05, 0) is 49.1 Å². The maximum atomic E-state index is 13.0. The smallest absolute Gasteiger partial charge is 0.255 e. The molecule has 1 aliphatic heterocycles. The van der Waals surface area contributed by atoms with E-state index in [1.807, 2.05) is 54.6 Å². The molecule has 34 heavy (non-hydrogen) atoms. The number of aliphatic hydroxyl groups excluding tert-OH is 1. The zero-order valence-corrected chi connectivity index (χ0v) is 19.4. The first-order valence-electron chi connectivity index (χ1n) is 11.6. The Labute approximate surface area is 199 Å². The molecule has 0 spiro atoms. The molecule has 172 valence electrons. The van der Waals surface area contributed by atoms with Gasteiger partial charge in [-0.3, -0.25) is 14.3 Å². The predicted molar refractivity (Wildman–Crippen MR) is 135 cm³/mol. The molecular weight excluding hydrogens is 424 g/mol. The quantitative estimate of drug-likeness (QED) is 0.476. The van der Waals surface area contributed by atoms with Crippen LogP contribution in [0.2, 0.25) is 0 Å². The molecule has 1 aliphatic rings. The number of fused-ring (bicyclic) bond motifs is 1. The second-order valence-electron chi connectivity index (χ2n) is 9.34. The third-order valence-electron chi connectivity index (χ3n) is 6.64. The number of β-amino-alcohol motifs (C(OH)–C–C–N with tert-alkyl or cyclic N) is 1. The lowest BCUT2D eigenvalue weighted by Gasteiger charge is -2.45. The number of benzene rings is 2. The zero-order valence-electron chi connectivity index (χ0n) is 19.4. The minimum Gasteiger partial charge on any atom is -0.387 e. The van der Waals surface area contributed by atoms with Gasteiger partial charge in [0.1, 0.15) is 0 Å². The largest absolute Gasteiger partial charge is 0.387 e. The SMILES string of the molecule is CC1(C)CCn2c(nc(-c3ccncc3)cc2=O)N1C[C@@H](O)c1ccc(-c2ccccc2)cc1. The summed E-state index contributed by atoms with van der Waals surface area (Å²) >= 11 is 0. The third-order valence-corrected chi connectivity index (χ3v) is 6.64. The fourth-order valence-electron chi connectivity index (χ4n) is 4.51. The van der Waals surface area contributed by atoms with Crippen molar-refractivity contribution >= 4 is 5.95 Å². The van der Waals surface area contributed by atoms with E-state index in [4.69, 9.17) is 4.98 Å². The Morgan fingerprint density at radius 1 is 0.941 bits per heavy atom. The Morgan fingerprint density at radius 2 is 1.62 bits per heavy atom. The molecule has 0 unspecified atom stereocenters. The molecule has 1 N–H and O–H groups in total. The van der Waals surface area contributed by atoms with Gasteiger partial charge in [-0.1, -0.05) is 54.6 Å². The summed E-state index contributed by atoms with van der Waals surface area (Å²) in [7, 11) is 0. The molecule has 0 saturated carbocycles. The van der Waals surface area contributed by atoms with E-state index < -0.39 is 6.10 Å². The van der Waals surface area contributed by atoms with Crippen LogP contribution in [0.15, 0.2) is 90.0 Å². The highest BCUT2D eigenvalue weighted by Gasteiger charge is 2.36. The Hall–Kier alpha value is -3.77. The molecule has 2 aromatic carbocycles. The summed E-state index contributed by atoms with van der Waals surface area (Å²) in [6.45, 7) is 5.20. The van der Waals surface area contributed by atoms with Crippen molar-refractivity contribution in [2.45, 2.75) is 38.5 Å². The van der Waals surface area contributed by atoms with E-state index in [1.54, 1.807) is 23.0 Å². The molecule has 4 aromatic rings. The van der Waals surface area contributed by atoms with Gasteiger partial charge in [0.15, 0.2) is 0 Å². The van der Waals surface area contributed by atoms with Gasteiger partial charge in [0.05, 0.1) is 18.3 Å². The first-order chi connectivity index (χ1) is 16.4. The number of aromatic nitrogens is 3. The fraction of sp³-hybridized carbons (Fsp3) is 0.250. The molecule has 0 aliphatic carbocycles. The summed E-state index contributed by atoms with van der Waals surface area (Å²) in [5.74, 6) is 0.593. The normalized spacial score (nSPS) is 15.6. The van der Waals surface area contributed by atoms with Crippen molar-refractivity contribution in [3.8, 4) is 22.4 Å². The number of hydrogen-bond donors (Lipinski definition) is 1. The van der Waals surface area contributed by atoms with Crippen molar-refractivity contribution in [1.82, 2.24) is 14.5 Å². The van der Waals surface area contributed by atoms with Crippen LogP contribution >= 0.6 is 0 Å². The Kier molecular flexibility index (Phi) is 5.75. The lowest BCUT2D eigenvalue weighted by molar-refractivity contribution is 0.169. The first kappa shape index (κ1) is 22.0. The highest BCUT2D eigenvalue weighted by Crippen LogP contribution is 2.33. The lowest BCUT2D eigenvalue weighted by Crippen LogP contribution is -2.53. The average Bonchev–Trinajstić information content (AvgIpc) is 2.86. The van der Waals surface area contributed by atoms with Gasteiger partial charge in [0, 0.05) is 36.1 Å². The van der Waals surface area contributed by atoms with Crippen LogP contribution in [0.5, 0.6) is 0 Å². The van der Waals surface area contributed by atoms with Gasteiger partial charge >= 0.3 is 0 Å². The standard InChI is InChI=1S/C28H28N4O2/c1-28(2)14-17-31-26(34)18-24(22-12-15-29-16-13-22)30-27(31)32(28)19-25(33)23-10-8-21(9-11-23)20-6-4-3-5-7-20/h3-13,15-16,18,25,33H,14,17,19H2,1-2H3/t25-/m1/s1. The van der Waals surface area contributed by atoms with Crippen molar-refractivity contribution in [3.63, 3.8) is 0 Å². The van der Waals surface area contributed by atoms with Crippen molar-refractivity contribution in [3.05, 3.63) is 101 Å².